The first-order chi connectivity index (χ1) is 41.4. The summed E-state index contributed by atoms with van der Waals surface area (Å²) in [5, 5.41) is 10.6. The van der Waals surface area contributed by atoms with Crippen molar-refractivity contribution in [2.45, 2.75) is 355 Å². The quantitative estimate of drug-likeness (QED) is 0.0222. The summed E-state index contributed by atoms with van der Waals surface area (Å²) in [6, 6.07) is 0. The van der Waals surface area contributed by atoms with Gasteiger partial charge in [0.2, 0.25) is 0 Å². The van der Waals surface area contributed by atoms with E-state index in [4.69, 9.17) is 37.0 Å². The van der Waals surface area contributed by atoms with E-state index >= 15 is 0 Å². The molecule has 0 rings (SSSR count). The molecular weight excluding hydrogens is 1140 g/mol. The number of aliphatic hydroxyl groups excluding tert-OH is 1. The summed E-state index contributed by atoms with van der Waals surface area (Å²) in [6.45, 7) is 9.45. The second kappa shape index (κ2) is 59.4. The molecule has 5 atom stereocenters. The molecular formula is C67H130O17P2. The molecule has 0 bridgehead atoms. The normalized spacial score (nSPS) is 14.2. The monoisotopic (exact) mass is 1270 g/mol. The SMILES string of the molecule is CCCCCCCCCCCCCCC(=O)OC[C@H](COP(=O)(O)OC[C@@H](O)COP(=O)(O)OC[C@@H](COC(=O)CCCCCCCCCCC)OC(=O)CCCCCCCCCC(C)C)OC(=O)CCCCCCCCCCCCCCC(C)C. The van der Waals surface area contributed by atoms with Crippen molar-refractivity contribution in [3.63, 3.8) is 0 Å². The topological polar surface area (TPSA) is 237 Å². The van der Waals surface area contributed by atoms with Crippen molar-refractivity contribution in [2.24, 2.45) is 11.8 Å². The Balaban J connectivity index is 5.23. The zero-order valence-corrected chi connectivity index (χ0v) is 57.4. The number of hydrogen-bond donors (Lipinski definition) is 3. The van der Waals surface area contributed by atoms with Crippen LogP contribution in [0.3, 0.4) is 0 Å². The second-order valence-electron chi connectivity index (χ2n) is 25.2. The highest BCUT2D eigenvalue weighted by Crippen LogP contribution is 2.45. The molecule has 0 amide bonds. The van der Waals surface area contributed by atoms with Crippen LogP contribution in [0.25, 0.3) is 0 Å². The Kier molecular flexibility index (Phi) is 58.0. The lowest BCUT2D eigenvalue weighted by atomic mass is 10.0. The van der Waals surface area contributed by atoms with Crippen LogP contribution < -0.4 is 0 Å². The van der Waals surface area contributed by atoms with Crippen LogP contribution in [-0.2, 0) is 65.4 Å². The average Bonchev–Trinajstić information content (AvgIpc) is 3.50. The molecule has 0 spiro atoms. The minimum atomic E-state index is -4.95. The minimum Gasteiger partial charge on any atom is -0.462 e. The highest BCUT2D eigenvalue weighted by Gasteiger charge is 2.30. The predicted molar refractivity (Wildman–Crippen MR) is 345 cm³/mol. The maximum absolute atomic E-state index is 13.0. The third kappa shape index (κ3) is 60.9. The zero-order chi connectivity index (χ0) is 63.6. The average molecular weight is 1270 g/mol. The van der Waals surface area contributed by atoms with Crippen molar-refractivity contribution in [3.05, 3.63) is 0 Å². The van der Waals surface area contributed by atoms with Crippen LogP contribution in [-0.4, -0.2) is 96.7 Å². The van der Waals surface area contributed by atoms with Gasteiger partial charge in [-0.1, -0.05) is 286 Å². The Morgan fingerprint density at radius 1 is 0.314 bits per heavy atom. The van der Waals surface area contributed by atoms with Gasteiger partial charge in [0.15, 0.2) is 12.2 Å². The molecule has 0 aromatic rings. The Morgan fingerprint density at radius 3 is 0.791 bits per heavy atom. The molecule has 3 N–H and O–H groups in total. The fourth-order valence-corrected chi connectivity index (χ4v) is 11.6. The van der Waals surface area contributed by atoms with E-state index in [0.717, 1.165) is 95.8 Å². The molecule has 19 heteroatoms. The van der Waals surface area contributed by atoms with Gasteiger partial charge >= 0.3 is 39.5 Å². The van der Waals surface area contributed by atoms with E-state index in [-0.39, 0.29) is 25.7 Å². The molecule has 0 heterocycles. The van der Waals surface area contributed by atoms with Crippen molar-refractivity contribution >= 4 is 39.5 Å². The third-order valence-corrected chi connectivity index (χ3v) is 17.4. The van der Waals surface area contributed by atoms with Gasteiger partial charge in [-0.25, -0.2) is 9.13 Å². The van der Waals surface area contributed by atoms with Crippen LogP contribution in [0.15, 0.2) is 0 Å². The van der Waals surface area contributed by atoms with Gasteiger partial charge in [0.1, 0.15) is 19.3 Å². The molecule has 510 valence electrons. The van der Waals surface area contributed by atoms with E-state index in [0.29, 0.717) is 31.6 Å². The van der Waals surface area contributed by atoms with E-state index in [1.54, 1.807) is 0 Å². The van der Waals surface area contributed by atoms with Crippen LogP contribution in [0.2, 0.25) is 0 Å². The Morgan fingerprint density at radius 2 is 0.535 bits per heavy atom. The molecule has 0 saturated heterocycles. The summed E-state index contributed by atoms with van der Waals surface area (Å²) in [5.41, 5.74) is 0. The van der Waals surface area contributed by atoms with Crippen LogP contribution in [0.1, 0.15) is 337 Å². The second-order valence-corrected chi connectivity index (χ2v) is 28.1. The Labute approximate surface area is 524 Å². The van der Waals surface area contributed by atoms with Gasteiger partial charge in [-0.3, -0.25) is 37.3 Å². The lowest BCUT2D eigenvalue weighted by molar-refractivity contribution is -0.161. The van der Waals surface area contributed by atoms with Gasteiger partial charge in [0.25, 0.3) is 0 Å². The highest BCUT2D eigenvalue weighted by molar-refractivity contribution is 7.47. The summed E-state index contributed by atoms with van der Waals surface area (Å²) in [7, 11) is -9.89. The van der Waals surface area contributed by atoms with Crippen molar-refractivity contribution in [2.75, 3.05) is 39.6 Å². The standard InChI is InChI=1S/C67H130O17P2/c1-7-9-11-13-15-17-18-22-26-32-38-44-50-65(70)78-55-62(83-66(71)51-45-39-33-27-23-20-19-21-25-29-35-41-47-59(3)4)57-81-85(73,74)79-53-61(68)54-80-86(75,76)82-58-63(56-77-64(69)49-43-37-31-24-16-14-12-10-8-2)84-67(72)52-46-40-34-28-30-36-42-48-60(5)6/h59-63,68H,7-58H2,1-6H3,(H,73,74)(H,75,76)/t61-,62-,63-/m1/s1. The molecule has 86 heavy (non-hydrogen) atoms. The first kappa shape index (κ1) is 84.1. The molecule has 2 unspecified atom stereocenters. The number of phosphoric acid groups is 2. The van der Waals surface area contributed by atoms with E-state index in [1.807, 2.05) is 0 Å². The molecule has 17 nitrogen and oxygen atoms in total. The summed E-state index contributed by atoms with van der Waals surface area (Å²) < 4.78 is 68.1. The molecule has 0 radical (unpaired) electrons. The van der Waals surface area contributed by atoms with Gasteiger partial charge in [-0.2, -0.15) is 0 Å². The Bertz CT molecular complexity index is 1680. The van der Waals surface area contributed by atoms with Gasteiger partial charge in [0, 0.05) is 25.7 Å². The number of carbonyl (C=O) groups is 4. The summed E-state index contributed by atoms with van der Waals surface area (Å²) in [4.78, 5) is 72.3. The fourth-order valence-electron chi connectivity index (χ4n) is 10.1. The van der Waals surface area contributed by atoms with Crippen LogP contribution in [0.5, 0.6) is 0 Å². The molecule has 0 aromatic carbocycles. The number of rotatable bonds is 66. The number of esters is 4. The number of hydrogen-bond acceptors (Lipinski definition) is 15. The van der Waals surface area contributed by atoms with Crippen molar-refractivity contribution < 1.29 is 80.2 Å². The summed E-state index contributed by atoms with van der Waals surface area (Å²) >= 11 is 0. The predicted octanol–water partition coefficient (Wildman–Crippen LogP) is 18.8. The molecule has 0 saturated carbocycles. The first-order valence-corrected chi connectivity index (χ1v) is 38.0. The first-order valence-electron chi connectivity index (χ1n) is 35.0. The maximum atomic E-state index is 13.0. The van der Waals surface area contributed by atoms with Crippen LogP contribution in [0, 0.1) is 11.8 Å². The summed E-state index contributed by atoms with van der Waals surface area (Å²) in [6.07, 6.45) is 43.1. The largest absolute Gasteiger partial charge is 0.472 e. The molecule has 0 aliphatic carbocycles. The van der Waals surface area contributed by atoms with Gasteiger partial charge in [-0.15, -0.1) is 0 Å². The van der Waals surface area contributed by atoms with E-state index in [2.05, 4.69) is 41.5 Å². The molecule has 0 aliphatic rings. The van der Waals surface area contributed by atoms with Crippen molar-refractivity contribution in [1.29, 1.82) is 0 Å². The smallest absolute Gasteiger partial charge is 0.462 e. The van der Waals surface area contributed by atoms with E-state index in [1.165, 1.54) is 154 Å². The number of unbranched alkanes of at least 4 members (excludes halogenated alkanes) is 36. The summed E-state index contributed by atoms with van der Waals surface area (Å²) in [5.74, 6) is -0.658. The van der Waals surface area contributed by atoms with Crippen molar-refractivity contribution in [1.82, 2.24) is 0 Å². The Hall–Kier alpha value is -1.94. The molecule has 0 aliphatic heterocycles. The number of carbonyl (C=O) groups excluding carboxylic acids is 4. The van der Waals surface area contributed by atoms with Crippen LogP contribution >= 0.6 is 15.6 Å². The zero-order valence-electron chi connectivity index (χ0n) is 55.6. The molecule has 0 fully saturated rings. The van der Waals surface area contributed by atoms with Gasteiger partial charge in [-0.05, 0) is 37.5 Å². The fraction of sp³-hybridized carbons (Fsp3) is 0.940. The number of phosphoric ester groups is 2. The van der Waals surface area contributed by atoms with Gasteiger partial charge in [0.05, 0.1) is 26.4 Å². The number of aliphatic hydroxyl groups is 1. The highest BCUT2D eigenvalue weighted by atomic mass is 31.2. The minimum absolute atomic E-state index is 0.103. The lowest BCUT2D eigenvalue weighted by Gasteiger charge is -2.21. The van der Waals surface area contributed by atoms with E-state index < -0.39 is 97.5 Å². The van der Waals surface area contributed by atoms with E-state index in [9.17, 15) is 43.2 Å². The third-order valence-electron chi connectivity index (χ3n) is 15.5. The van der Waals surface area contributed by atoms with Crippen molar-refractivity contribution in [3.8, 4) is 0 Å². The maximum Gasteiger partial charge on any atom is 0.472 e. The van der Waals surface area contributed by atoms with Gasteiger partial charge < -0.3 is 33.8 Å². The molecule has 0 aromatic heterocycles. The number of ether oxygens (including phenoxy) is 4. The van der Waals surface area contributed by atoms with Crippen LogP contribution in [0.4, 0.5) is 0 Å². The lowest BCUT2D eigenvalue weighted by Crippen LogP contribution is -2.30.